The Morgan fingerprint density at radius 1 is 1.57 bits per heavy atom. The van der Waals surface area contributed by atoms with Gasteiger partial charge < -0.3 is 10.2 Å². The molecule has 0 bridgehead atoms. The van der Waals surface area contributed by atoms with Crippen LogP contribution in [0.25, 0.3) is 0 Å². The smallest absolute Gasteiger partial charge is 0.120 e. The van der Waals surface area contributed by atoms with Gasteiger partial charge in [0.15, 0.2) is 0 Å². The molecule has 0 fully saturated rings. The van der Waals surface area contributed by atoms with Gasteiger partial charge in [-0.2, -0.15) is 0 Å². The second kappa shape index (κ2) is 5.24. The number of benzene rings is 1. The van der Waals surface area contributed by atoms with Gasteiger partial charge in [0.25, 0.3) is 0 Å². The fraction of sp³-hybridized carbons (Fsp3) is 0.200. The predicted molar refractivity (Wildman–Crippen MR) is 54.8 cm³/mol. The summed E-state index contributed by atoms with van der Waals surface area (Å²) in [7, 11) is 0. The Morgan fingerprint density at radius 2 is 2.36 bits per heavy atom. The highest BCUT2D eigenvalue weighted by atomic mass is 19.1. The van der Waals surface area contributed by atoms with E-state index in [0.717, 1.165) is 0 Å². The first-order valence-corrected chi connectivity index (χ1v) is 4.21. The summed E-state index contributed by atoms with van der Waals surface area (Å²) in [6.45, 7) is 3.35. The topological polar surface area (TPSA) is 47.3 Å². The molecule has 3 N–H and O–H groups in total. The maximum atomic E-state index is 12.5. The van der Waals surface area contributed by atoms with Crippen LogP contribution in [0.3, 0.4) is 0 Å². The Kier molecular flexibility index (Phi) is 3.94. The number of hydrazine groups is 1. The van der Waals surface area contributed by atoms with Crippen molar-refractivity contribution in [3.8, 4) is 5.75 Å². The Balaban J connectivity index is 2.83. The molecular formula is C10H13FN2O. The Hall–Kier alpha value is -1.55. The third-order valence-corrected chi connectivity index (χ3v) is 1.74. The first-order chi connectivity index (χ1) is 6.81. The summed E-state index contributed by atoms with van der Waals surface area (Å²) in [5.74, 6) is 5.81. The molecule has 0 aliphatic heterocycles. The number of nitrogens with two attached hydrogens (primary N) is 1. The molecule has 0 saturated carbocycles. The molecule has 0 spiro atoms. The van der Waals surface area contributed by atoms with E-state index in [-0.39, 0.29) is 0 Å². The van der Waals surface area contributed by atoms with E-state index in [9.17, 15) is 4.39 Å². The van der Waals surface area contributed by atoms with Gasteiger partial charge >= 0.3 is 0 Å². The molecular weight excluding hydrogens is 183 g/mol. The molecule has 1 rings (SSSR count). The van der Waals surface area contributed by atoms with Crippen LogP contribution in [0.4, 0.5) is 10.1 Å². The summed E-state index contributed by atoms with van der Waals surface area (Å²) < 4.78 is 17.7. The summed E-state index contributed by atoms with van der Waals surface area (Å²) in [5, 5.41) is 0. The third-order valence-electron chi connectivity index (χ3n) is 1.74. The number of halogens is 1. The van der Waals surface area contributed by atoms with Crippen molar-refractivity contribution in [3.05, 3.63) is 36.4 Å². The lowest BCUT2D eigenvalue weighted by molar-refractivity contribution is 0.362. The third kappa shape index (κ3) is 2.47. The van der Waals surface area contributed by atoms with Crippen LogP contribution in [-0.4, -0.2) is 6.61 Å². The zero-order valence-electron chi connectivity index (χ0n) is 7.79. The molecule has 0 saturated heterocycles. The van der Waals surface area contributed by atoms with Crippen molar-refractivity contribution >= 4 is 5.69 Å². The molecule has 0 heterocycles. The van der Waals surface area contributed by atoms with E-state index in [1.807, 2.05) is 0 Å². The summed E-state index contributed by atoms with van der Waals surface area (Å²) in [6, 6.07) is 5.00. The highest BCUT2D eigenvalue weighted by Gasteiger charge is 2.02. The van der Waals surface area contributed by atoms with E-state index in [4.69, 9.17) is 10.6 Å². The minimum atomic E-state index is -0.579. The molecule has 1 aromatic carbocycles. The minimum absolute atomic E-state index is 0.404. The number of ether oxygens (including phenoxy) is 1. The Labute approximate surface area is 82.3 Å². The standard InChI is InChI=1S/C10H13FN2O/c1-2-5-14-9-3-4-10(13-12)8(6-9)7-11/h2-4,6,13H,1,5,7,12H2. The van der Waals surface area contributed by atoms with Crippen LogP contribution in [0.5, 0.6) is 5.75 Å². The van der Waals surface area contributed by atoms with Crippen LogP contribution in [0.1, 0.15) is 5.56 Å². The quantitative estimate of drug-likeness (QED) is 0.430. The normalized spacial score (nSPS) is 9.57. The lowest BCUT2D eigenvalue weighted by Gasteiger charge is -2.08. The number of rotatable bonds is 5. The largest absolute Gasteiger partial charge is 0.490 e. The summed E-state index contributed by atoms with van der Waals surface area (Å²) in [6.07, 6.45) is 1.63. The van der Waals surface area contributed by atoms with Crippen molar-refractivity contribution in [1.29, 1.82) is 0 Å². The van der Waals surface area contributed by atoms with E-state index in [1.54, 1.807) is 24.3 Å². The summed E-state index contributed by atoms with van der Waals surface area (Å²) >= 11 is 0. The minimum Gasteiger partial charge on any atom is -0.490 e. The lowest BCUT2D eigenvalue weighted by atomic mass is 10.2. The van der Waals surface area contributed by atoms with Crippen molar-refractivity contribution in [3.63, 3.8) is 0 Å². The van der Waals surface area contributed by atoms with Gasteiger partial charge in [0.1, 0.15) is 19.0 Å². The molecule has 0 aromatic heterocycles. The van der Waals surface area contributed by atoms with Crippen LogP contribution in [0, 0.1) is 0 Å². The fourth-order valence-electron chi connectivity index (χ4n) is 1.07. The molecule has 0 radical (unpaired) electrons. The number of alkyl halides is 1. The SMILES string of the molecule is C=CCOc1ccc(NN)c(CF)c1. The van der Waals surface area contributed by atoms with Crippen LogP contribution >= 0.6 is 0 Å². The molecule has 76 valence electrons. The van der Waals surface area contributed by atoms with Gasteiger partial charge in [0, 0.05) is 5.56 Å². The van der Waals surface area contributed by atoms with Gasteiger partial charge in [-0.05, 0) is 18.2 Å². The monoisotopic (exact) mass is 196 g/mol. The number of anilines is 1. The van der Waals surface area contributed by atoms with Gasteiger partial charge in [-0.1, -0.05) is 12.7 Å². The molecule has 3 nitrogen and oxygen atoms in total. The molecule has 0 aliphatic rings. The molecule has 0 atom stereocenters. The first-order valence-electron chi connectivity index (χ1n) is 4.21. The number of nitrogen functional groups attached to an aromatic ring is 1. The van der Waals surface area contributed by atoms with Crippen molar-refractivity contribution in [2.75, 3.05) is 12.0 Å². The highest BCUT2D eigenvalue weighted by Crippen LogP contribution is 2.22. The number of hydrogen-bond donors (Lipinski definition) is 2. The van der Waals surface area contributed by atoms with E-state index in [1.165, 1.54) is 0 Å². The predicted octanol–water partition coefficient (Wildman–Crippen LogP) is 2.01. The molecule has 0 unspecified atom stereocenters. The average Bonchev–Trinajstić information content (AvgIpc) is 2.25. The van der Waals surface area contributed by atoms with Crippen molar-refractivity contribution in [2.45, 2.75) is 6.67 Å². The van der Waals surface area contributed by atoms with Gasteiger partial charge in [0.05, 0.1) is 5.69 Å². The lowest BCUT2D eigenvalue weighted by Crippen LogP contribution is -2.09. The Morgan fingerprint density at radius 3 is 2.93 bits per heavy atom. The van der Waals surface area contributed by atoms with Crippen LogP contribution in [0.2, 0.25) is 0 Å². The van der Waals surface area contributed by atoms with Gasteiger partial charge in [-0.3, -0.25) is 5.84 Å². The number of hydrogen-bond acceptors (Lipinski definition) is 3. The molecule has 14 heavy (non-hydrogen) atoms. The van der Waals surface area contributed by atoms with Crippen molar-refractivity contribution in [1.82, 2.24) is 0 Å². The van der Waals surface area contributed by atoms with Crippen LogP contribution in [0.15, 0.2) is 30.9 Å². The summed E-state index contributed by atoms with van der Waals surface area (Å²) in [5.41, 5.74) is 3.46. The van der Waals surface area contributed by atoms with E-state index >= 15 is 0 Å². The van der Waals surface area contributed by atoms with E-state index in [0.29, 0.717) is 23.6 Å². The molecule has 0 amide bonds. The highest BCUT2D eigenvalue weighted by molar-refractivity contribution is 5.53. The van der Waals surface area contributed by atoms with Gasteiger partial charge in [0.2, 0.25) is 0 Å². The molecule has 1 aromatic rings. The van der Waals surface area contributed by atoms with Crippen LogP contribution < -0.4 is 16.0 Å². The summed E-state index contributed by atoms with van der Waals surface area (Å²) in [4.78, 5) is 0. The maximum Gasteiger partial charge on any atom is 0.120 e. The van der Waals surface area contributed by atoms with E-state index < -0.39 is 6.67 Å². The van der Waals surface area contributed by atoms with Gasteiger partial charge in [-0.25, -0.2) is 4.39 Å². The average molecular weight is 196 g/mol. The second-order valence-corrected chi connectivity index (χ2v) is 2.70. The van der Waals surface area contributed by atoms with Crippen molar-refractivity contribution in [2.24, 2.45) is 5.84 Å². The van der Waals surface area contributed by atoms with Crippen LogP contribution in [-0.2, 0) is 6.67 Å². The van der Waals surface area contributed by atoms with Gasteiger partial charge in [-0.15, -0.1) is 0 Å². The Bertz CT molecular complexity index is 315. The maximum absolute atomic E-state index is 12.5. The zero-order chi connectivity index (χ0) is 10.4. The van der Waals surface area contributed by atoms with Crippen molar-refractivity contribution < 1.29 is 9.13 Å². The molecule has 4 heteroatoms. The first kappa shape index (κ1) is 10.5. The molecule has 0 aliphatic carbocycles. The number of nitrogens with one attached hydrogen (secondary N) is 1. The van der Waals surface area contributed by atoms with E-state index in [2.05, 4.69) is 12.0 Å². The zero-order valence-corrected chi connectivity index (χ0v) is 7.79. The fourth-order valence-corrected chi connectivity index (χ4v) is 1.07. The second-order valence-electron chi connectivity index (χ2n) is 2.70.